The van der Waals surface area contributed by atoms with Crippen molar-refractivity contribution in [2.45, 2.75) is 50.0 Å². The molecule has 1 heterocycles. The average Bonchev–Trinajstić information content (AvgIpc) is 2.80. The molecule has 1 fully saturated rings. The molecule has 0 bridgehead atoms. The van der Waals surface area contributed by atoms with E-state index in [0.717, 1.165) is 19.3 Å². The summed E-state index contributed by atoms with van der Waals surface area (Å²) in [6, 6.07) is 0. The first kappa shape index (κ1) is 13.3. The SMILES string of the molecule is NC1(c2noc(C(F)(F)C(F)F)n2)CCCCC1. The average molecular weight is 267 g/mol. The van der Waals surface area contributed by atoms with Gasteiger partial charge in [-0.3, -0.25) is 0 Å². The highest BCUT2D eigenvalue weighted by Gasteiger charge is 2.49. The number of hydrogen-bond acceptors (Lipinski definition) is 4. The van der Waals surface area contributed by atoms with E-state index in [2.05, 4.69) is 14.7 Å². The Morgan fingerprint density at radius 1 is 1.22 bits per heavy atom. The predicted molar refractivity (Wildman–Crippen MR) is 53.1 cm³/mol. The normalized spacial score (nSPS) is 20.3. The summed E-state index contributed by atoms with van der Waals surface area (Å²) in [4.78, 5) is 3.37. The van der Waals surface area contributed by atoms with E-state index < -0.39 is 23.8 Å². The lowest BCUT2D eigenvalue weighted by atomic mass is 9.82. The molecule has 8 heteroatoms. The fraction of sp³-hybridized carbons (Fsp3) is 0.800. The Labute approximate surface area is 101 Å². The second kappa shape index (κ2) is 4.49. The summed E-state index contributed by atoms with van der Waals surface area (Å²) in [5, 5.41) is 3.34. The first-order valence-electron chi connectivity index (χ1n) is 5.66. The lowest BCUT2D eigenvalue weighted by Crippen LogP contribution is -2.39. The van der Waals surface area contributed by atoms with Crippen LogP contribution in [0.2, 0.25) is 0 Å². The number of nitrogens with two attached hydrogens (primary N) is 1. The second-order valence-electron chi connectivity index (χ2n) is 4.56. The molecule has 4 nitrogen and oxygen atoms in total. The van der Waals surface area contributed by atoms with Gasteiger partial charge in [-0.05, 0) is 12.8 Å². The van der Waals surface area contributed by atoms with Crippen LogP contribution in [0, 0.1) is 0 Å². The van der Waals surface area contributed by atoms with Crippen molar-refractivity contribution in [3.8, 4) is 0 Å². The lowest BCUT2D eigenvalue weighted by molar-refractivity contribution is -0.152. The van der Waals surface area contributed by atoms with Crippen LogP contribution in [0.1, 0.15) is 43.8 Å². The molecule has 1 saturated carbocycles. The van der Waals surface area contributed by atoms with Crippen LogP contribution in [0.15, 0.2) is 4.52 Å². The van der Waals surface area contributed by atoms with Crippen molar-refractivity contribution in [1.82, 2.24) is 10.1 Å². The van der Waals surface area contributed by atoms with Crippen LogP contribution >= 0.6 is 0 Å². The van der Waals surface area contributed by atoms with Gasteiger partial charge in [0.25, 0.3) is 0 Å². The molecule has 0 unspecified atom stereocenters. The molecule has 2 rings (SSSR count). The summed E-state index contributed by atoms with van der Waals surface area (Å²) in [6.45, 7) is 0. The molecule has 2 N–H and O–H groups in total. The minimum Gasteiger partial charge on any atom is -0.332 e. The Kier molecular flexibility index (Phi) is 3.31. The standard InChI is InChI=1S/C10H13F4N3O/c11-6(12)10(13,14)8-16-7(17-18-8)9(15)4-2-1-3-5-9/h6H,1-5,15H2. The quantitative estimate of drug-likeness (QED) is 0.855. The zero-order valence-corrected chi connectivity index (χ0v) is 9.50. The van der Waals surface area contributed by atoms with Crippen molar-refractivity contribution >= 4 is 0 Å². The third kappa shape index (κ3) is 2.21. The summed E-state index contributed by atoms with van der Waals surface area (Å²) < 4.78 is 54.5. The van der Waals surface area contributed by atoms with Gasteiger partial charge < -0.3 is 10.3 Å². The van der Waals surface area contributed by atoms with Crippen LogP contribution in [-0.2, 0) is 11.5 Å². The lowest BCUT2D eigenvalue weighted by Gasteiger charge is -2.29. The summed E-state index contributed by atoms with van der Waals surface area (Å²) >= 11 is 0. The van der Waals surface area contributed by atoms with Crippen LogP contribution in [0.25, 0.3) is 0 Å². The minimum absolute atomic E-state index is 0.113. The van der Waals surface area contributed by atoms with Gasteiger partial charge in [-0.1, -0.05) is 24.4 Å². The van der Waals surface area contributed by atoms with Crippen molar-refractivity contribution in [2.75, 3.05) is 0 Å². The molecule has 0 spiro atoms. The Bertz CT molecular complexity index is 415. The van der Waals surface area contributed by atoms with E-state index >= 15 is 0 Å². The molecule has 0 saturated heterocycles. The topological polar surface area (TPSA) is 64.9 Å². The first-order chi connectivity index (χ1) is 8.36. The highest BCUT2D eigenvalue weighted by molar-refractivity contribution is 5.07. The monoisotopic (exact) mass is 267 g/mol. The van der Waals surface area contributed by atoms with Gasteiger partial charge in [0.05, 0.1) is 5.54 Å². The molecular formula is C10H13F4N3O. The predicted octanol–water partition coefficient (Wildman–Crippen LogP) is 2.54. The number of halogens is 4. The fourth-order valence-electron chi connectivity index (χ4n) is 2.06. The Morgan fingerprint density at radius 3 is 2.39 bits per heavy atom. The van der Waals surface area contributed by atoms with Crippen LogP contribution in [0.4, 0.5) is 17.6 Å². The van der Waals surface area contributed by atoms with Gasteiger partial charge in [-0.15, -0.1) is 0 Å². The van der Waals surface area contributed by atoms with Crippen LogP contribution in [0.5, 0.6) is 0 Å². The van der Waals surface area contributed by atoms with E-state index in [1.165, 1.54) is 0 Å². The minimum atomic E-state index is -4.43. The van der Waals surface area contributed by atoms with Crippen molar-refractivity contribution in [2.24, 2.45) is 5.73 Å². The van der Waals surface area contributed by atoms with E-state index in [-0.39, 0.29) is 5.82 Å². The maximum atomic E-state index is 13.0. The summed E-state index contributed by atoms with van der Waals surface area (Å²) in [5.41, 5.74) is 5.05. The van der Waals surface area contributed by atoms with Gasteiger partial charge >= 0.3 is 18.2 Å². The van der Waals surface area contributed by atoms with E-state index in [9.17, 15) is 17.6 Å². The maximum Gasteiger partial charge on any atom is 0.383 e. The Morgan fingerprint density at radius 2 is 1.83 bits per heavy atom. The van der Waals surface area contributed by atoms with Gasteiger partial charge in [0, 0.05) is 0 Å². The molecule has 1 aliphatic rings. The highest BCUT2D eigenvalue weighted by atomic mass is 19.3. The van der Waals surface area contributed by atoms with Crippen molar-refractivity contribution in [3.63, 3.8) is 0 Å². The zero-order chi connectivity index (χ0) is 13.4. The molecule has 0 amide bonds. The largest absolute Gasteiger partial charge is 0.383 e. The van der Waals surface area contributed by atoms with E-state index in [4.69, 9.17) is 5.73 Å². The molecule has 102 valence electrons. The van der Waals surface area contributed by atoms with Gasteiger partial charge in [0.2, 0.25) is 0 Å². The van der Waals surface area contributed by atoms with Gasteiger partial charge in [0.1, 0.15) is 0 Å². The van der Waals surface area contributed by atoms with Crippen molar-refractivity contribution < 1.29 is 22.1 Å². The molecule has 1 aromatic heterocycles. The smallest absolute Gasteiger partial charge is 0.332 e. The Balaban J connectivity index is 2.25. The molecule has 1 aliphatic carbocycles. The van der Waals surface area contributed by atoms with Crippen molar-refractivity contribution in [3.05, 3.63) is 11.7 Å². The van der Waals surface area contributed by atoms with Crippen molar-refractivity contribution in [1.29, 1.82) is 0 Å². The number of alkyl halides is 4. The number of aromatic nitrogens is 2. The van der Waals surface area contributed by atoms with E-state index in [1.54, 1.807) is 0 Å². The van der Waals surface area contributed by atoms with E-state index in [0.29, 0.717) is 12.8 Å². The molecule has 1 aromatic rings. The number of hydrogen-bond donors (Lipinski definition) is 1. The highest BCUT2D eigenvalue weighted by Crippen LogP contribution is 2.37. The van der Waals surface area contributed by atoms with Crippen LogP contribution < -0.4 is 5.73 Å². The van der Waals surface area contributed by atoms with Crippen LogP contribution in [0.3, 0.4) is 0 Å². The fourth-order valence-corrected chi connectivity index (χ4v) is 2.06. The second-order valence-corrected chi connectivity index (χ2v) is 4.56. The molecular weight excluding hydrogens is 254 g/mol. The molecule has 0 aromatic carbocycles. The molecule has 0 aliphatic heterocycles. The van der Waals surface area contributed by atoms with Gasteiger partial charge in [-0.25, -0.2) is 8.78 Å². The molecule has 0 radical (unpaired) electrons. The maximum absolute atomic E-state index is 13.0. The molecule has 0 atom stereocenters. The zero-order valence-electron chi connectivity index (χ0n) is 9.50. The van der Waals surface area contributed by atoms with Gasteiger partial charge in [0.15, 0.2) is 5.82 Å². The number of nitrogens with zero attached hydrogens (tertiary/aromatic N) is 2. The third-order valence-electron chi connectivity index (χ3n) is 3.18. The van der Waals surface area contributed by atoms with E-state index in [1.807, 2.05) is 0 Å². The Hall–Kier alpha value is -1.18. The summed E-state index contributed by atoms with van der Waals surface area (Å²) in [5.74, 6) is -5.92. The number of rotatable bonds is 3. The van der Waals surface area contributed by atoms with Crippen LogP contribution in [-0.4, -0.2) is 16.6 Å². The first-order valence-corrected chi connectivity index (χ1v) is 5.66. The summed E-state index contributed by atoms with van der Waals surface area (Å²) in [6.07, 6.45) is -0.169. The molecule has 18 heavy (non-hydrogen) atoms. The third-order valence-corrected chi connectivity index (χ3v) is 3.18. The van der Waals surface area contributed by atoms with Gasteiger partial charge in [-0.2, -0.15) is 13.8 Å². The summed E-state index contributed by atoms with van der Waals surface area (Å²) in [7, 11) is 0.